The largest absolute Gasteiger partial charge is 0.493 e. The fourth-order valence-electron chi connectivity index (χ4n) is 1.50. The topological polar surface area (TPSA) is 44.5 Å². The van der Waals surface area contributed by atoms with E-state index in [9.17, 15) is 0 Å². The average molecular weight is 302 g/mol. The lowest BCUT2D eigenvalue weighted by atomic mass is 10.1. The molecule has 0 aliphatic rings. The molecule has 2 N–H and O–H groups in total. The van der Waals surface area contributed by atoms with Crippen LogP contribution in [0.4, 0.5) is 0 Å². The summed E-state index contributed by atoms with van der Waals surface area (Å²) in [5.74, 6) is 0.853. The first kappa shape index (κ1) is 14.5. The molecule has 0 spiro atoms. The smallest absolute Gasteiger partial charge is 0.125 e. The SMILES string of the molecule is CCOCCCOc1cc(Br)ccc1[C@@H](C)N. The van der Waals surface area contributed by atoms with Crippen LogP contribution in [0.1, 0.15) is 31.9 Å². The van der Waals surface area contributed by atoms with Crippen LogP contribution in [-0.4, -0.2) is 19.8 Å². The number of hydrogen-bond acceptors (Lipinski definition) is 3. The van der Waals surface area contributed by atoms with Crippen LogP contribution in [0.15, 0.2) is 22.7 Å². The van der Waals surface area contributed by atoms with E-state index in [1.807, 2.05) is 32.0 Å². The van der Waals surface area contributed by atoms with E-state index in [-0.39, 0.29) is 6.04 Å². The van der Waals surface area contributed by atoms with E-state index in [4.69, 9.17) is 15.2 Å². The lowest BCUT2D eigenvalue weighted by Gasteiger charge is -2.14. The standard InChI is InChI=1S/C13H20BrNO2/c1-3-16-7-4-8-17-13-9-11(14)5-6-12(13)10(2)15/h5-6,9-10H,3-4,7-8,15H2,1-2H3/t10-/m1/s1. The lowest BCUT2D eigenvalue weighted by Crippen LogP contribution is -2.09. The van der Waals surface area contributed by atoms with Crippen molar-refractivity contribution in [3.63, 3.8) is 0 Å². The Labute approximate surface area is 111 Å². The van der Waals surface area contributed by atoms with Gasteiger partial charge in [-0.05, 0) is 26.0 Å². The summed E-state index contributed by atoms with van der Waals surface area (Å²) in [6.45, 7) is 6.08. The Morgan fingerprint density at radius 3 is 2.76 bits per heavy atom. The van der Waals surface area contributed by atoms with Gasteiger partial charge >= 0.3 is 0 Å². The van der Waals surface area contributed by atoms with Gasteiger partial charge in [0.05, 0.1) is 6.61 Å². The van der Waals surface area contributed by atoms with Crippen LogP contribution < -0.4 is 10.5 Å². The Morgan fingerprint density at radius 1 is 1.35 bits per heavy atom. The molecule has 1 aromatic carbocycles. The number of benzene rings is 1. The molecule has 0 aromatic heterocycles. The Kier molecular flexibility index (Phi) is 6.55. The predicted octanol–water partition coefficient (Wildman–Crippen LogP) is 3.27. The Hall–Kier alpha value is -0.580. The second-order valence-electron chi connectivity index (χ2n) is 3.87. The van der Waals surface area contributed by atoms with Gasteiger partial charge in [0.15, 0.2) is 0 Å². The fraction of sp³-hybridized carbons (Fsp3) is 0.538. The van der Waals surface area contributed by atoms with Gasteiger partial charge in [-0.3, -0.25) is 0 Å². The summed E-state index contributed by atoms with van der Waals surface area (Å²) in [5.41, 5.74) is 6.93. The molecule has 0 aliphatic carbocycles. The Morgan fingerprint density at radius 2 is 2.12 bits per heavy atom. The molecule has 0 aliphatic heterocycles. The maximum Gasteiger partial charge on any atom is 0.125 e. The van der Waals surface area contributed by atoms with Gasteiger partial charge in [-0.25, -0.2) is 0 Å². The number of rotatable bonds is 7. The molecular formula is C13H20BrNO2. The van der Waals surface area contributed by atoms with Gasteiger partial charge in [0, 0.05) is 35.7 Å². The van der Waals surface area contributed by atoms with Crippen molar-refractivity contribution >= 4 is 15.9 Å². The lowest BCUT2D eigenvalue weighted by molar-refractivity contribution is 0.130. The zero-order valence-electron chi connectivity index (χ0n) is 10.4. The van der Waals surface area contributed by atoms with Crippen molar-refractivity contribution in [3.8, 4) is 5.75 Å². The minimum Gasteiger partial charge on any atom is -0.493 e. The third-order valence-corrected chi connectivity index (χ3v) is 2.85. The Bertz CT molecular complexity index is 342. The van der Waals surface area contributed by atoms with Crippen molar-refractivity contribution < 1.29 is 9.47 Å². The van der Waals surface area contributed by atoms with E-state index >= 15 is 0 Å². The van der Waals surface area contributed by atoms with Gasteiger partial charge in [-0.2, -0.15) is 0 Å². The van der Waals surface area contributed by atoms with Crippen molar-refractivity contribution in [1.29, 1.82) is 0 Å². The molecule has 0 heterocycles. The molecule has 0 unspecified atom stereocenters. The number of ether oxygens (including phenoxy) is 2. The third kappa shape index (κ3) is 5.06. The third-order valence-electron chi connectivity index (χ3n) is 2.36. The summed E-state index contributed by atoms with van der Waals surface area (Å²) in [6.07, 6.45) is 0.888. The van der Waals surface area contributed by atoms with Gasteiger partial charge in [-0.15, -0.1) is 0 Å². The number of nitrogens with two attached hydrogens (primary N) is 1. The normalized spacial score (nSPS) is 12.5. The van der Waals surface area contributed by atoms with Crippen molar-refractivity contribution in [3.05, 3.63) is 28.2 Å². The molecule has 3 nitrogen and oxygen atoms in total. The van der Waals surface area contributed by atoms with E-state index in [1.54, 1.807) is 0 Å². The van der Waals surface area contributed by atoms with E-state index < -0.39 is 0 Å². The minimum atomic E-state index is -0.0232. The van der Waals surface area contributed by atoms with E-state index in [0.29, 0.717) is 6.61 Å². The summed E-state index contributed by atoms with van der Waals surface area (Å²) in [5, 5.41) is 0. The maximum atomic E-state index is 5.90. The first-order valence-corrected chi connectivity index (χ1v) is 6.70. The molecule has 96 valence electrons. The van der Waals surface area contributed by atoms with E-state index in [2.05, 4.69) is 15.9 Å². The zero-order chi connectivity index (χ0) is 12.7. The highest BCUT2D eigenvalue weighted by molar-refractivity contribution is 9.10. The first-order valence-electron chi connectivity index (χ1n) is 5.90. The molecule has 4 heteroatoms. The highest BCUT2D eigenvalue weighted by Gasteiger charge is 2.08. The molecule has 0 fully saturated rings. The summed E-state index contributed by atoms with van der Waals surface area (Å²) >= 11 is 3.43. The van der Waals surface area contributed by atoms with Crippen LogP contribution in [0, 0.1) is 0 Å². The van der Waals surface area contributed by atoms with Crippen LogP contribution in [0.2, 0.25) is 0 Å². The summed E-state index contributed by atoms with van der Waals surface area (Å²) in [7, 11) is 0. The number of hydrogen-bond donors (Lipinski definition) is 1. The molecule has 1 atom stereocenters. The van der Waals surface area contributed by atoms with Crippen LogP contribution in [0.3, 0.4) is 0 Å². The maximum absolute atomic E-state index is 5.90. The fourth-order valence-corrected chi connectivity index (χ4v) is 1.84. The van der Waals surface area contributed by atoms with Crippen molar-refractivity contribution in [1.82, 2.24) is 0 Å². The minimum absolute atomic E-state index is 0.0232. The van der Waals surface area contributed by atoms with E-state index in [1.165, 1.54) is 0 Å². The number of halogens is 1. The van der Waals surface area contributed by atoms with Gasteiger partial charge in [0.1, 0.15) is 5.75 Å². The molecule has 1 aromatic rings. The summed E-state index contributed by atoms with van der Waals surface area (Å²) < 4.78 is 12.0. The molecule has 0 amide bonds. The van der Waals surface area contributed by atoms with E-state index in [0.717, 1.165) is 35.4 Å². The van der Waals surface area contributed by atoms with Crippen LogP contribution in [0.25, 0.3) is 0 Å². The Balaban J connectivity index is 2.53. The monoisotopic (exact) mass is 301 g/mol. The molecule has 0 radical (unpaired) electrons. The second-order valence-corrected chi connectivity index (χ2v) is 4.79. The summed E-state index contributed by atoms with van der Waals surface area (Å²) in [6, 6.07) is 5.91. The van der Waals surface area contributed by atoms with Crippen molar-refractivity contribution in [2.24, 2.45) is 5.73 Å². The molecule has 0 bridgehead atoms. The zero-order valence-corrected chi connectivity index (χ0v) is 12.0. The summed E-state index contributed by atoms with van der Waals surface area (Å²) in [4.78, 5) is 0. The molecule has 1 rings (SSSR count). The molecular weight excluding hydrogens is 282 g/mol. The van der Waals surface area contributed by atoms with Gasteiger partial charge < -0.3 is 15.2 Å². The molecule has 0 saturated heterocycles. The van der Waals surface area contributed by atoms with Gasteiger partial charge in [0.2, 0.25) is 0 Å². The molecule has 0 saturated carbocycles. The predicted molar refractivity (Wildman–Crippen MR) is 73.3 cm³/mol. The van der Waals surface area contributed by atoms with Crippen molar-refractivity contribution in [2.75, 3.05) is 19.8 Å². The average Bonchev–Trinajstić information content (AvgIpc) is 2.28. The quantitative estimate of drug-likeness (QED) is 0.786. The van der Waals surface area contributed by atoms with Crippen LogP contribution in [0.5, 0.6) is 5.75 Å². The first-order chi connectivity index (χ1) is 8.15. The molecule has 17 heavy (non-hydrogen) atoms. The van der Waals surface area contributed by atoms with Gasteiger partial charge in [0.25, 0.3) is 0 Å². The van der Waals surface area contributed by atoms with Crippen LogP contribution in [-0.2, 0) is 4.74 Å². The second kappa shape index (κ2) is 7.69. The van der Waals surface area contributed by atoms with Crippen molar-refractivity contribution in [2.45, 2.75) is 26.3 Å². The highest BCUT2D eigenvalue weighted by atomic mass is 79.9. The van der Waals surface area contributed by atoms with Crippen LogP contribution >= 0.6 is 15.9 Å². The van der Waals surface area contributed by atoms with Gasteiger partial charge in [-0.1, -0.05) is 22.0 Å². The highest BCUT2D eigenvalue weighted by Crippen LogP contribution is 2.27.